The first-order valence-corrected chi connectivity index (χ1v) is 9.31. The van der Waals surface area contributed by atoms with Crippen LogP contribution in [0, 0.1) is 0 Å². The van der Waals surface area contributed by atoms with E-state index in [0.717, 1.165) is 5.56 Å². The summed E-state index contributed by atoms with van der Waals surface area (Å²) in [5, 5.41) is 2.72. The Morgan fingerprint density at radius 1 is 0.690 bits per heavy atom. The third-order valence-electron chi connectivity index (χ3n) is 4.33. The van der Waals surface area contributed by atoms with Crippen molar-refractivity contribution in [2.45, 2.75) is 6.42 Å². The fraction of sp³-hybridized carbons (Fsp3) is 0.125. The molecular formula is C24H21NO4. The van der Waals surface area contributed by atoms with Crippen molar-refractivity contribution in [1.29, 1.82) is 0 Å². The van der Waals surface area contributed by atoms with Gasteiger partial charge in [0.05, 0.1) is 5.56 Å². The number of ketones is 1. The molecule has 146 valence electrons. The average molecular weight is 387 g/mol. The Labute approximate surface area is 169 Å². The number of carbonyl (C=O) groups is 3. The van der Waals surface area contributed by atoms with Crippen LogP contribution >= 0.6 is 0 Å². The van der Waals surface area contributed by atoms with E-state index in [9.17, 15) is 14.4 Å². The second kappa shape index (κ2) is 9.99. The molecule has 3 aromatic rings. The molecule has 0 aromatic heterocycles. The number of esters is 1. The van der Waals surface area contributed by atoms with Crippen molar-refractivity contribution >= 4 is 17.7 Å². The Morgan fingerprint density at radius 3 is 1.90 bits per heavy atom. The quantitative estimate of drug-likeness (QED) is 0.475. The maximum atomic E-state index is 12.4. The van der Waals surface area contributed by atoms with Gasteiger partial charge in [0.15, 0.2) is 12.4 Å². The topological polar surface area (TPSA) is 72.5 Å². The fourth-order valence-corrected chi connectivity index (χ4v) is 2.77. The van der Waals surface area contributed by atoms with Crippen molar-refractivity contribution < 1.29 is 19.1 Å². The number of nitrogens with one attached hydrogen (secondary N) is 1. The highest BCUT2D eigenvalue weighted by atomic mass is 16.5. The standard InChI is InChI=1S/C24H21NO4/c26-22(25-16-15-18-7-3-1-4-8-18)17-29-24(28)21-13-11-20(12-14-21)23(27)19-9-5-2-6-10-19/h1-14H,15-17H2,(H,25,26). The molecule has 0 saturated heterocycles. The number of hydrogen-bond donors (Lipinski definition) is 1. The first kappa shape index (κ1) is 20.0. The lowest BCUT2D eigenvalue weighted by Crippen LogP contribution is -2.30. The van der Waals surface area contributed by atoms with Crippen molar-refractivity contribution in [3.05, 3.63) is 107 Å². The second-order valence-electron chi connectivity index (χ2n) is 6.43. The zero-order chi connectivity index (χ0) is 20.5. The predicted molar refractivity (Wildman–Crippen MR) is 110 cm³/mol. The maximum Gasteiger partial charge on any atom is 0.338 e. The lowest BCUT2D eigenvalue weighted by molar-refractivity contribution is -0.124. The first-order valence-electron chi connectivity index (χ1n) is 9.31. The van der Waals surface area contributed by atoms with Crippen LogP contribution in [0.4, 0.5) is 0 Å². The molecule has 0 aliphatic rings. The smallest absolute Gasteiger partial charge is 0.338 e. The van der Waals surface area contributed by atoms with Crippen LogP contribution in [0.25, 0.3) is 0 Å². The summed E-state index contributed by atoms with van der Waals surface area (Å²) in [6.07, 6.45) is 0.706. The fourth-order valence-electron chi connectivity index (χ4n) is 2.77. The van der Waals surface area contributed by atoms with E-state index in [0.29, 0.717) is 24.1 Å². The molecule has 0 aliphatic heterocycles. The van der Waals surface area contributed by atoms with Gasteiger partial charge in [0.25, 0.3) is 5.91 Å². The molecule has 0 saturated carbocycles. The van der Waals surface area contributed by atoms with Gasteiger partial charge in [-0.2, -0.15) is 0 Å². The van der Waals surface area contributed by atoms with Crippen molar-refractivity contribution in [3.8, 4) is 0 Å². The molecule has 29 heavy (non-hydrogen) atoms. The molecule has 1 N–H and O–H groups in total. The van der Waals surface area contributed by atoms with Gasteiger partial charge in [-0.15, -0.1) is 0 Å². The highest BCUT2D eigenvalue weighted by molar-refractivity contribution is 6.09. The third kappa shape index (κ3) is 5.87. The highest BCUT2D eigenvalue weighted by Gasteiger charge is 2.13. The van der Waals surface area contributed by atoms with Crippen molar-refractivity contribution in [2.24, 2.45) is 0 Å². The largest absolute Gasteiger partial charge is 0.452 e. The second-order valence-corrected chi connectivity index (χ2v) is 6.43. The van der Waals surface area contributed by atoms with Gasteiger partial charge in [0.2, 0.25) is 0 Å². The minimum atomic E-state index is -0.609. The minimum absolute atomic E-state index is 0.122. The lowest BCUT2D eigenvalue weighted by Gasteiger charge is -2.07. The molecule has 0 bridgehead atoms. The van der Waals surface area contributed by atoms with Crippen LogP contribution in [0.3, 0.4) is 0 Å². The Bertz CT molecular complexity index is 967. The van der Waals surface area contributed by atoms with Gasteiger partial charge in [-0.25, -0.2) is 4.79 Å². The summed E-state index contributed by atoms with van der Waals surface area (Å²) >= 11 is 0. The van der Waals surface area contributed by atoms with Gasteiger partial charge in [-0.05, 0) is 24.1 Å². The summed E-state index contributed by atoms with van der Waals surface area (Å²) < 4.78 is 5.04. The molecule has 0 spiro atoms. The normalized spacial score (nSPS) is 10.2. The minimum Gasteiger partial charge on any atom is -0.452 e. The Morgan fingerprint density at radius 2 is 1.24 bits per heavy atom. The summed E-state index contributed by atoms with van der Waals surface area (Å²) in [5.41, 5.74) is 2.46. The number of benzene rings is 3. The molecule has 3 aromatic carbocycles. The van der Waals surface area contributed by atoms with Crippen LogP contribution in [0.1, 0.15) is 31.8 Å². The van der Waals surface area contributed by atoms with Crippen molar-refractivity contribution in [1.82, 2.24) is 5.32 Å². The van der Waals surface area contributed by atoms with Crippen molar-refractivity contribution in [2.75, 3.05) is 13.2 Å². The zero-order valence-corrected chi connectivity index (χ0v) is 15.8. The molecule has 0 fully saturated rings. The maximum absolute atomic E-state index is 12.4. The number of rotatable bonds is 8. The number of ether oxygens (including phenoxy) is 1. The number of amides is 1. The summed E-state index contributed by atoms with van der Waals surface area (Å²) in [6, 6.07) is 24.9. The van der Waals surface area contributed by atoms with Crippen LogP contribution in [0.2, 0.25) is 0 Å². The average Bonchev–Trinajstić information content (AvgIpc) is 2.78. The molecule has 0 aliphatic carbocycles. The van der Waals surface area contributed by atoms with Gasteiger partial charge in [0, 0.05) is 17.7 Å². The number of carbonyl (C=O) groups excluding carboxylic acids is 3. The van der Waals surface area contributed by atoms with Crippen LogP contribution in [-0.4, -0.2) is 30.8 Å². The lowest BCUT2D eigenvalue weighted by atomic mass is 10.0. The molecule has 5 heteroatoms. The summed E-state index contributed by atoms with van der Waals surface area (Å²) in [7, 11) is 0. The predicted octanol–water partition coefficient (Wildman–Crippen LogP) is 3.43. The first-order chi connectivity index (χ1) is 14.1. The van der Waals surface area contributed by atoms with E-state index in [2.05, 4.69) is 5.32 Å². The van der Waals surface area contributed by atoms with E-state index in [1.54, 1.807) is 36.4 Å². The summed E-state index contributed by atoms with van der Waals surface area (Å²) in [4.78, 5) is 36.3. The van der Waals surface area contributed by atoms with E-state index in [-0.39, 0.29) is 23.9 Å². The van der Waals surface area contributed by atoms with Crippen LogP contribution in [0.15, 0.2) is 84.9 Å². The molecule has 0 unspecified atom stereocenters. The molecular weight excluding hydrogens is 366 g/mol. The zero-order valence-electron chi connectivity index (χ0n) is 15.8. The van der Waals surface area contributed by atoms with Crippen LogP contribution < -0.4 is 5.32 Å². The van der Waals surface area contributed by atoms with E-state index in [1.165, 1.54) is 12.1 Å². The van der Waals surface area contributed by atoms with Gasteiger partial charge in [0.1, 0.15) is 0 Å². The molecule has 0 atom stereocenters. The number of hydrogen-bond acceptors (Lipinski definition) is 4. The molecule has 1 amide bonds. The summed E-state index contributed by atoms with van der Waals surface area (Å²) in [5.74, 6) is -1.09. The molecule has 0 heterocycles. The SMILES string of the molecule is O=C(COC(=O)c1ccc(C(=O)c2ccccc2)cc1)NCCc1ccccc1. The van der Waals surface area contributed by atoms with E-state index >= 15 is 0 Å². The Kier molecular flexibility index (Phi) is 6.90. The van der Waals surface area contributed by atoms with Gasteiger partial charge < -0.3 is 10.1 Å². The van der Waals surface area contributed by atoms with Gasteiger partial charge in [-0.3, -0.25) is 9.59 Å². The van der Waals surface area contributed by atoms with Crippen LogP contribution in [-0.2, 0) is 16.0 Å². The van der Waals surface area contributed by atoms with E-state index in [1.807, 2.05) is 36.4 Å². The molecule has 5 nitrogen and oxygen atoms in total. The summed E-state index contributed by atoms with van der Waals surface area (Å²) in [6.45, 7) is 0.120. The molecule has 3 rings (SSSR count). The monoisotopic (exact) mass is 387 g/mol. The van der Waals surface area contributed by atoms with Crippen molar-refractivity contribution in [3.63, 3.8) is 0 Å². The Balaban J connectivity index is 1.45. The van der Waals surface area contributed by atoms with E-state index < -0.39 is 5.97 Å². The highest BCUT2D eigenvalue weighted by Crippen LogP contribution is 2.12. The van der Waals surface area contributed by atoms with Gasteiger partial charge in [-0.1, -0.05) is 72.8 Å². The van der Waals surface area contributed by atoms with Crippen LogP contribution in [0.5, 0.6) is 0 Å². The molecule has 0 radical (unpaired) electrons. The Hall–Kier alpha value is -3.73. The third-order valence-corrected chi connectivity index (χ3v) is 4.33. The van der Waals surface area contributed by atoms with E-state index in [4.69, 9.17) is 4.74 Å². The van der Waals surface area contributed by atoms with Gasteiger partial charge >= 0.3 is 5.97 Å².